The number of hydrogen-bond donors (Lipinski definition) is 0. The summed E-state index contributed by atoms with van der Waals surface area (Å²) in [4.78, 5) is 38.2. The highest BCUT2D eigenvalue weighted by molar-refractivity contribution is 5.71. The van der Waals surface area contributed by atoms with Gasteiger partial charge in [0.2, 0.25) is 0 Å². The zero-order chi connectivity index (χ0) is 51.4. The molecule has 0 saturated heterocycles. The monoisotopic (exact) mass is 999 g/mol. The molecular formula is C65H122O6. The zero-order valence-electron chi connectivity index (χ0n) is 48.0. The number of allylic oxidation sites excluding steroid dienone is 4. The lowest BCUT2D eigenvalue weighted by Crippen LogP contribution is -2.30. The SMILES string of the molecule is CCCCC/C=C\C/C=C\CCCCCCCC(=O)OC(COC(=O)CCCCCCCCCCCCCCC)COC(=O)CCCCCCCCCCCCCCCCCCCCCCCCCCC. The van der Waals surface area contributed by atoms with E-state index >= 15 is 0 Å². The first-order chi connectivity index (χ1) is 35.0. The zero-order valence-corrected chi connectivity index (χ0v) is 48.0. The van der Waals surface area contributed by atoms with Gasteiger partial charge < -0.3 is 14.2 Å². The van der Waals surface area contributed by atoms with Crippen LogP contribution in [0.4, 0.5) is 0 Å². The van der Waals surface area contributed by atoms with Crippen molar-refractivity contribution in [1.29, 1.82) is 0 Å². The quantitative estimate of drug-likeness (QED) is 0.0261. The average Bonchev–Trinajstić information content (AvgIpc) is 3.37. The number of carbonyl (C=O) groups excluding carboxylic acids is 3. The van der Waals surface area contributed by atoms with E-state index in [1.54, 1.807) is 0 Å². The van der Waals surface area contributed by atoms with Crippen LogP contribution in [0, 0.1) is 0 Å². The summed E-state index contributed by atoms with van der Waals surface area (Å²) in [6, 6.07) is 0. The van der Waals surface area contributed by atoms with E-state index in [9.17, 15) is 14.4 Å². The Balaban J connectivity index is 4.21. The molecule has 0 heterocycles. The van der Waals surface area contributed by atoms with E-state index in [1.807, 2.05) is 0 Å². The smallest absolute Gasteiger partial charge is 0.306 e. The van der Waals surface area contributed by atoms with Gasteiger partial charge in [0.05, 0.1) is 0 Å². The van der Waals surface area contributed by atoms with E-state index in [0.29, 0.717) is 19.3 Å². The first-order valence-corrected chi connectivity index (χ1v) is 31.8. The molecule has 0 amide bonds. The lowest BCUT2D eigenvalue weighted by Gasteiger charge is -2.18. The van der Waals surface area contributed by atoms with Gasteiger partial charge in [0, 0.05) is 19.3 Å². The fourth-order valence-electron chi connectivity index (χ4n) is 9.65. The normalized spacial score (nSPS) is 12.1. The molecule has 0 aromatic carbocycles. The summed E-state index contributed by atoms with van der Waals surface area (Å²) in [6.45, 7) is 6.66. The van der Waals surface area contributed by atoms with Crippen molar-refractivity contribution in [1.82, 2.24) is 0 Å². The molecule has 1 unspecified atom stereocenters. The van der Waals surface area contributed by atoms with E-state index in [0.717, 1.165) is 77.0 Å². The largest absolute Gasteiger partial charge is 0.462 e. The molecule has 0 rings (SSSR count). The van der Waals surface area contributed by atoms with Gasteiger partial charge >= 0.3 is 17.9 Å². The maximum atomic E-state index is 12.9. The van der Waals surface area contributed by atoms with Crippen LogP contribution in [-0.4, -0.2) is 37.2 Å². The maximum absolute atomic E-state index is 12.9. The molecule has 0 aromatic rings. The molecule has 6 heteroatoms. The first kappa shape index (κ1) is 68.9. The molecule has 418 valence electrons. The van der Waals surface area contributed by atoms with Crippen molar-refractivity contribution < 1.29 is 28.6 Å². The second-order valence-electron chi connectivity index (χ2n) is 21.7. The molecule has 0 spiro atoms. The van der Waals surface area contributed by atoms with E-state index < -0.39 is 6.10 Å². The molecule has 71 heavy (non-hydrogen) atoms. The van der Waals surface area contributed by atoms with Crippen LogP contribution in [-0.2, 0) is 28.6 Å². The highest BCUT2D eigenvalue weighted by atomic mass is 16.6. The predicted octanol–water partition coefficient (Wildman–Crippen LogP) is 21.4. The van der Waals surface area contributed by atoms with Gasteiger partial charge in [-0.2, -0.15) is 0 Å². The Morgan fingerprint density at radius 2 is 0.507 bits per heavy atom. The van der Waals surface area contributed by atoms with Gasteiger partial charge in [-0.3, -0.25) is 14.4 Å². The molecule has 0 aliphatic heterocycles. The molecule has 0 fully saturated rings. The lowest BCUT2D eigenvalue weighted by atomic mass is 10.0. The van der Waals surface area contributed by atoms with Crippen molar-refractivity contribution >= 4 is 17.9 Å². The van der Waals surface area contributed by atoms with Crippen molar-refractivity contribution in [3.63, 3.8) is 0 Å². The van der Waals surface area contributed by atoms with Crippen LogP contribution < -0.4 is 0 Å². The predicted molar refractivity (Wildman–Crippen MR) is 307 cm³/mol. The lowest BCUT2D eigenvalue weighted by molar-refractivity contribution is -0.167. The van der Waals surface area contributed by atoms with Crippen LogP contribution >= 0.6 is 0 Å². The summed E-state index contributed by atoms with van der Waals surface area (Å²) in [5.74, 6) is -0.860. The van der Waals surface area contributed by atoms with Gasteiger partial charge in [-0.1, -0.05) is 308 Å². The average molecular weight is 1000 g/mol. The summed E-state index contributed by atoms with van der Waals surface area (Å²) in [5.41, 5.74) is 0. The molecule has 0 bridgehead atoms. The van der Waals surface area contributed by atoms with Crippen LogP contribution in [0.15, 0.2) is 24.3 Å². The Morgan fingerprint density at radius 3 is 0.803 bits per heavy atom. The third kappa shape index (κ3) is 58.7. The summed E-state index contributed by atoms with van der Waals surface area (Å²) in [7, 11) is 0. The minimum atomic E-state index is -0.774. The van der Waals surface area contributed by atoms with E-state index in [-0.39, 0.29) is 31.1 Å². The Labute approximate surface area is 443 Å². The fraction of sp³-hybridized carbons (Fsp3) is 0.892. The van der Waals surface area contributed by atoms with Gasteiger partial charge in [-0.05, 0) is 51.4 Å². The topological polar surface area (TPSA) is 78.9 Å². The molecule has 0 N–H and O–H groups in total. The van der Waals surface area contributed by atoms with E-state index in [1.165, 1.54) is 238 Å². The van der Waals surface area contributed by atoms with Gasteiger partial charge in [-0.25, -0.2) is 0 Å². The Kier molecular flexibility index (Phi) is 58.6. The minimum absolute atomic E-state index is 0.0712. The van der Waals surface area contributed by atoms with Gasteiger partial charge in [-0.15, -0.1) is 0 Å². The van der Waals surface area contributed by atoms with Crippen LogP contribution in [0.2, 0.25) is 0 Å². The molecule has 1 atom stereocenters. The van der Waals surface area contributed by atoms with Gasteiger partial charge in [0.1, 0.15) is 13.2 Å². The fourth-order valence-corrected chi connectivity index (χ4v) is 9.65. The van der Waals surface area contributed by atoms with Crippen LogP contribution in [0.1, 0.15) is 355 Å². The first-order valence-electron chi connectivity index (χ1n) is 31.8. The number of esters is 3. The van der Waals surface area contributed by atoms with Crippen molar-refractivity contribution in [3.05, 3.63) is 24.3 Å². The van der Waals surface area contributed by atoms with Crippen LogP contribution in [0.25, 0.3) is 0 Å². The van der Waals surface area contributed by atoms with E-state index in [2.05, 4.69) is 45.1 Å². The number of hydrogen-bond acceptors (Lipinski definition) is 6. The minimum Gasteiger partial charge on any atom is -0.462 e. The summed E-state index contributed by atoms with van der Waals surface area (Å²) in [6.07, 6.45) is 71.9. The van der Waals surface area contributed by atoms with Crippen LogP contribution in [0.3, 0.4) is 0 Å². The number of rotatable bonds is 59. The van der Waals surface area contributed by atoms with Crippen molar-refractivity contribution in [2.75, 3.05) is 13.2 Å². The highest BCUT2D eigenvalue weighted by Crippen LogP contribution is 2.18. The Bertz CT molecular complexity index is 1150. The van der Waals surface area contributed by atoms with Gasteiger partial charge in [0.15, 0.2) is 6.10 Å². The summed E-state index contributed by atoms with van der Waals surface area (Å²) in [5, 5.41) is 0. The molecule has 0 aromatic heterocycles. The van der Waals surface area contributed by atoms with E-state index in [4.69, 9.17) is 14.2 Å². The molecule has 0 radical (unpaired) electrons. The Hall–Kier alpha value is -2.11. The maximum Gasteiger partial charge on any atom is 0.306 e. The van der Waals surface area contributed by atoms with Crippen molar-refractivity contribution in [2.45, 2.75) is 361 Å². The second-order valence-corrected chi connectivity index (χ2v) is 21.7. The molecular weight excluding hydrogens is 877 g/mol. The third-order valence-corrected chi connectivity index (χ3v) is 14.5. The standard InChI is InChI=1S/C65H122O6/c1-4-7-10-13-16-19-22-25-27-28-29-30-31-32-33-34-35-36-38-40-43-46-49-52-55-58-64(67)70-61-62(60-69-63(66)57-54-51-48-45-42-39-24-21-18-15-12-9-6-3)71-65(68)59-56-53-50-47-44-41-37-26-23-20-17-14-11-8-5-2/h17,20,26,37,62H,4-16,18-19,21-25,27-36,38-61H2,1-3H3/b20-17-,37-26-. The molecule has 0 saturated carbocycles. The van der Waals surface area contributed by atoms with Crippen molar-refractivity contribution in [3.8, 4) is 0 Å². The molecule has 6 nitrogen and oxygen atoms in total. The van der Waals surface area contributed by atoms with Crippen LogP contribution in [0.5, 0.6) is 0 Å². The van der Waals surface area contributed by atoms with Crippen molar-refractivity contribution in [2.24, 2.45) is 0 Å². The number of unbranched alkanes of at least 4 members (excludes halogenated alkanes) is 44. The second kappa shape index (κ2) is 60.4. The number of carbonyl (C=O) groups is 3. The molecule has 0 aliphatic carbocycles. The van der Waals surface area contributed by atoms with Gasteiger partial charge in [0.25, 0.3) is 0 Å². The third-order valence-electron chi connectivity index (χ3n) is 14.5. The molecule has 0 aliphatic rings. The summed E-state index contributed by atoms with van der Waals surface area (Å²) < 4.78 is 16.9. The number of ether oxygens (including phenoxy) is 3. The Morgan fingerprint density at radius 1 is 0.282 bits per heavy atom. The summed E-state index contributed by atoms with van der Waals surface area (Å²) >= 11 is 0. The highest BCUT2D eigenvalue weighted by Gasteiger charge is 2.19.